The number of hydrogen-bond donors (Lipinski definition) is 1. The van der Waals surface area contributed by atoms with E-state index in [4.69, 9.17) is 9.47 Å². The molecule has 0 aliphatic carbocycles. The molecule has 1 aliphatic heterocycles. The molecule has 0 bridgehead atoms. The second-order valence-electron chi connectivity index (χ2n) is 7.90. The van der Waals surface area contributed by atoms with Gasteiger partial charge in [0.1, 0.15) is 5.57 Å². The maximum atomic E-state index is 13.1. The number of barbiturate groups is 1. The monoisotopic (exact) mass is 501 g/mol. The number of methoxy groups -OCH3 is 1. The Morgan fingerprint density at radius 3 is 2.27 bits per heavy atom. The number of nitro groups is 1. The van der Waals surface area contributed by atoms with Crippen LogP contribution in [0.5, 0.6) is 11.5 Å². The van der Waals surface area contributed by atoms with Crippen molar-refractivity contribution < 1.29 is 33.6 Å². The summed E-state index contributed by atoms with van der Waals surface area (Å²) in [6.07, 6.45) is 1.29. The molecule has 1 aliphatic rings. The minimum absolute atomic E-state index is 0.0453. The third kappa shape index (κ3) is 5.20. The van der Waals surface area contributed by atoms with Crippen LogP contribution in [-0.4, -0.2) is 35.8 Å². The lowest BCUT2D eigenvalue weighted by atomic mass is 10.1. The minimum Gasteiger partial charge on any atom is -0.493 e. The van der Waals surface area contributed by atoms with Crippen LogP contribution in [0.25, 0.3) is 6.08 Å². The predicted octanol–water partition coefficient (Wildman–Crippen LogP) is 3.80. The van der Waals surface area contributed by atoms with E-state index in [9.17, 15) is 29.3 Å². The molecule has 0 saturated carbocycles. The number of nitrogens with zero attached hydrogens (tertiary/aromatic N) is 2. The van der Waals surface area contributed by atoms with Gasteiger partial charge in [0.15, 0.2) is 11.5 Å². The van der Waals surface area contributed by atoms with Crippen molar-refractivity contribution in [2.45, 2.75) is 6.92 Å². The van der Waals surface area contributed by atoms with Crippen LogP contribution in [0.1, 0.15) is 21.5 Å². The van der Waals surface area contributed by atoms with Crippen LogP contribution in [0.3, 0.4) is 0 Å². The number of carbonyl (C=O) groups excluding carboxylic acids is 4. The van der Waals surface area contributed by atoms with Crippen LogP contribution in [-0.2, 0) is 9.59 Å². The molecule has 0 aromatic heterocycles. The summed E-state index contributed by atoms with van der Waals surface area (Å²) in [6, 6.07) is 15.0. The van der Waals surface area contributed by atoms with Gasteiger partial charge in [-0.05, 0) is 55.0 Å². The van der Waals surface area contributed by atoms with Crippen molar-refractivity contribution >= 4 is 41.3 Å². The zero-order valence-electron chi connectivity index (χ0n) is 19.6. The third-order valence-electron chi connectivity index (χ3n) is 5.41. The van der Waals surface area contributed by atoms with Gasteiger partial charge in [-0.1, -0.05) is 23.8 Å². The van der Waals surface area contributed by atoms with Gasteiger partial charge in [0.2, 0.25) is 0 Å². The molecule has 1 fully saturated rings. The van der Waals surface area contributed by atoms with Gasteiger partial charge in [-0.2, -0.15) is 0 Å². The summed E-state index contributed by atoms with van der Waals surface area (Å²) >= 11 is 0. The molecule has 1 heterocycles. The summed E-state index contributed by atoms with van der Waals surface area (Å²) in [5, 5.41) is 12.9. The largest absolute Gasteiger partial charge is 0.493 e. The first-order valence-corrected chi connectivity index (χ1v) is 10.8. The van der Waals surface area contributed by atoms with Gasteiger partial charge in [-0.25, -0.2) is 14.5 Å². The van der Waals surface area contributed by atoms with Crippen molar-refractivity contribution in [2.75, 3.05) is 12.0 Å². The van der Waals surface area contributed by atoms with E-state index >= 15 is 0 Å². The first-order chi connectivity index (χ1) is 17.7. The molecule has 0 unspecified atom stereocenters. The highest BCUT2D eigenvalue weighted by atomic mass is 16.6. The Morgan fingerprint density at radius 2 is 1.65 bits per heavy atom. The molecule has 11 heteroatoms. The first kappa shape index (κ1) is 24.8. The average molecular weight is 501 g/mol. The van der Waals surface area contributed by atoms with E-state index in [0.29, 0.717) is 11.3 Å². The Morgan fingerprint density at radius 1 is 0.973 bits per heavy atom. The molecule has 0 atom stereocenters. The number of anilines is 1. The quantitative estimate of drug-likeness (QED) is 0.134. The van der Waals surface area contributed by atoms with Crippen molar-refractivity contribution in [2.24, 2.45) is 0 Å². The Bertz CT molecular complexity index is 1460. The van der Waals surface area contributed by atoms with Crippen molar-refractivity contribution in [1.29, 1.82) is 0 Å². The Labute approximate surface area is 210 Å². The van der Waals surface area contributed by atoms with Crippen LogP contribution < -0.4 is 19.7 Å². The van der Waals surface area contributed by atoms with Gasteiger partial charge in [-0.15, -0.1) is 0 Å². The lowest BCUT2D eigenvalue weighted by Crippen LogP contribution is -2.54. The van der Waals surface area contributed by atoms with Crippen molar-refractivity contribution in [3.63, 3.8) is 0 Å². The van der Waals surface area contributed by atoms with Crippen LogP contribution in [0.2, 0.25) is 0 Å². The number of esters is 1. The van der Waals surface area contributed by atoms with E-state index in [1.54, 1.807) is 24.3 Å². The third-order valence-corrected chi connectivity index (χ3v) is 5.41. The molecule has 1 N–H and O–H groups in total. The minimum atomic E-state index is -0.859. The molecule has 1 saturated heterocycles. The second-order valence-corrected chi connectivity index (χ2v) is 7.90. The maximum absolute atomic E-state index is 13.1. The number of carbonyl (C=O) groups is 4. The number of amides is 4. The summed E-state index contributed by atoms with van der Waals surface area (Å²) in [7, 11) is 1.34. The molecule has 3 aromatic rings. The first-order valence-electron chi connectivity index (χ1n) is 10.8. The normalized spacial score (nSPS) is 14.4. The molecule has 0 radical (unpaired) electrons. The number of hydrogen-bond acceptors (Lipinski definition) is 8. The van der Waals surface area contributed by atoms with Gasteiger partial charge in [0.05, 0.1) is 23.3 Å². The Hall–Kier alpha value is -5.32. The molecule has 37 heavy (non-hydrogen) atoms. The maximum Gasteiger partial charge on any atom is 0.343 e. The number of non-ortho nitro benzene ring substituents is 1. The fourth-order valence-electron chi connectivity index (χ4n) is 3.49. The molecule has 0 spiro atoms. The van der Waals surface area contributed by atoms with Gasteiger partial charge < -0.3 is 9.47 Å². The summed E-state index contributed by atoms with van der Waals surface area (Å²) in [5.74, 6) is -2.26. The Balaban J connectivity index is 1.59. The van der Waals surface area contributed by atoms with Gasteiger partial charge >= 0.3 is 12.0 Å². The molecule has 11 nitrogen and oxygen atoms in total. The Kier molecular flexibility index (Phi) is 6.78. The van der Waals surface area contributed by atoms with Gasteiger partial charge in [-0.3, -0.25) is 25.0 Å². The fraction of sp³-hybridized carbons (Fsp3) is 0.0769. The van der Waals surface area contributed by atoms with Crippen molar-refractivity contribution in [3.05, 3.63) is 99.1 Å². The molecule has 3 aromatic carbocycles. The van der Waals surface area contributed by atoms with Crippen LogP contribution in [0.4, 0.5) is 16.2 Å². The number of aryl methyl sites for hydroxylation is 1. The summed E-state index contributed by atoms with van der Waals surface area (Å²) in [5.41, 5.74) is 1.24. The van der Waals surface area contributed by atoms with E-state index in [2.05, 4.69) is 5.32 Å². The SMILES string of the molecule is COc1cc(/C=C2\C(=O)NC(=O)N(c3ccc(C)cc3)C2=O)ccc1OC(=O)c1ccc([N+](=O)[O-])cc1. The number of nitro benzene ring substituents is 1. The summed E-state index contributed by atoms with van der Waals surface area (Å²) in [4.78, 5) is 61.4. The van der Waals surface area contributed by atoms with E-state index in [0.717, 1.165) is 10.5 Å². The summed E-state index contributed by atoms with van der Waals surface area (Å²) in [6.45, 7) is 1.86. The lowest BCUT2D eigenvalue weighted by molar-refractivity contribution is -0.384. The number of urea groups is 1. The number of imide groups is 2. The average Bonchev–Trinajstić information content (AvgIpc) is 2.88. The standard InChI is InChI=1S/C26H19N3O8/c1-15-3-8-18(9-4-15)28-24(31)20(23(30)27-26(28)33)13-16-5-12-21(22(14-16)36-2)37-25(32)17-6-10-19(11-7-17)29(34)35/h3-14H,1-2H3,(H,27,30,33)/b20-13+. The van der Waals surface area contributed by atoms with Crippen LogP contribution >= 0.6 is 0 Å². The van der Waals surface area contributed by atoms with Crippen LogP contribution in [0.15, 0.2) is 72.3 Å². The lowest BCUT2D eigenvalue weighted by Gasteiger charge is -2.26. The van der Waals surface area contributed by atoms with Crippen molar-refractivity contribution in [3.8, 4) is 11.5 Å². The molecule has 4 amide bonds. The molecule has 186 valence electrons. The molecular formula is C26H19N3O8. The smallest absolute Gasteiger partial charge is 0.343 e. The van der Waals surface area contributed by atoms with Gasteiger partial charge in [0, 0.05) is 12.1 Å². The van der Waals surface area contributed by atoms with Crippen LogP contribution in [0, 0.1) is 17.0 Å². The molecular weight excluding hydrogens is 482 g/mol. The number of ether oxygens (including phenoxy) is 2. The topological polar surface area (TPSA) is 145 Å². The van der Waals surface area contributed by atoms with E-state index < -0.39 is 28.7 Å². The van der Waals surface area contributed by atoms with E-state index in [1.165, 1.54) is 55.7 Å². The van der Waals surface area contributed by atoms with E-state index in [-0.39, 0.29) is 28.3 Å². The highest BCUT2D eigenvalue weighted by molar-refractivity contribution is 6.39. The second kappa shape index (κ2) is 10.1. The zero-order chi connectivity index (χ0) is 26.7. The predicted molar refractivity (Wildman–Crippen MR) is 131 cm³/mol. The highest BCUT2D eigenvalue weighted by Crippen LogP contribution is 2.31. The number of benzene rings is 3. The fourth-order valence-corrected chi connectivity index (χ4v) is 3.49. The highest BCUT2D eigenvalue weighted by Gasteiger charge is 2.36. The number of nitrogens with one attached hydrogen (secondary N) is 1. The van der Waals surface area contributed by atoms with E-state index in [1.807, 2.05) is 6.92 Å². The zero-order valence-corrected chi connectivity index (χ0v) is 19.6. The van der Waals surface area contributed by atoms with Crippen molar-refractivity contribution in [1.82, 2.24) is 5.32 Å². The summed E-state index contributed by atoms with van der Waals surface area (Å²) < 4.78 is 10.6. The van der Waals surface area contributed by atoms with Gasteiger partial charge in [0.25, 0.3) is 17.5 Å². The number of rotatable bonds is 6. The molecule has 4 rings (SSSR count).